The minimum Gasteiger partial charge on any atom is -0.483 e. The lowest BCUT2D eigenvalue weighted by Gasteiger charge is -2.43. The third-order valence-corrected chi connectivity index (χ3v) is 7.30. The van der Waals surface area contributed by atoms with Gasteiger partial charge in [-0.25, -0.2) is 4.39 Å². The molecule has 2 aromatic rings. The molecule has 2 aromatic carbocycles. The first kappa shape index (κ1) is 25.9. The van der Waals surface area contributed by atoms with Gasteiger partial charge in [0.25, 0.3) is 5.91 Å². The van der Waals surface area contributed by atoms with Crippen LogP contribution in [0.4, 0.5) is 10.1 Å². The number of Topliss-reactive ketones (excluding diaryl/α,β-unsaturated/α-hetero) is 2. The molecule has 1 heterocycles. The second kappa shape index (κ2) is 9.53. The van der Waals surface area contributed by atoms with Crippen molar-refractivity contribution in [1.29, 1.82) is 0 Å². The Balaban J connectivity index is 1.50. The molecule has 0 fully saturated rings. The SMILES string of the molecule is CC1(C)CC(=O)C2=C(C1)OC1=C(C(=O)CC(C)(C)C1)C2c1ccccc1OCC(=O)Nc1ccc(F)cc1. The van der Waals surface area contributed by atoms with Gasteiger partial charge in [0.15, 0.2) is 18.2 Å². The molecular formula is C31H32FNO5. The largest absolute Gasteiger partial charge is 0.483 e. The fourth-order valence-corrected chi connectivity index (χ4v) is 5.71. The van der Waals surface area contributed by atoms with E-state index in [9.17, 15) is 18.8 Å². The second-order valence-electron chi connectivity index (χ2n) is 12.0. The highest BCUT2D eigenvalue weighted by atomic mass is 19.1. The highest BCUT2D eigenvalue weighted by Gasteiger charge is 2.48. The Morgan fingerprint density at radius 1 is 0.895 bits per heavy atom. The third-order valence-electron chi connectivity index (χ3n) is 7.30. The van der Waals surface area contributed by atoms with Crippen LogP contribution in [0.2, 0.25) is 0 Å². The van der Waals surface area contributed by atoms with Gasteiger partial charge in [0.1, 0.15) is 23.1 Å². The summed E-state index contributed by atoms with van der Waals surface area (Å²) in [6, 6.07) is 12.7. The van der Waals surface area contributed by atoms with E-state index in [1.165, 1.54) is 24.3 Å². The van der Waals surface area contributed by atoms with Gasteiger partial charge in [-0.3, -0.25) is 14.4 Å². The molecule has 5 rings (SSSR count). The molecule has 0 atom stereocenters. The minimum absolute atomic E-state index is 0.0331. The first-order valence-corrected chi connectivity index (χ1v) is 12.9. The summed E-state index contributed by atoms with van der Waals surface area (Å²) in [7, 11) is 0. The minimum atomic E-state index is -0.614. The molecule has 1 N–H and O–H groups in total. The van der Waals surface area contributed by atoms with Crippen molar-refractivity contribution in [2.24, 2.45) is 10.8 Å². The fraction of sp³-hybridized carbons (Fsp3) is 0.387. The molecule has 0 saturated carbocycles. The van der Waals surface area contributed by atoms with Crippen LogP contribution in [0.5, 0.6) is 5.75 Å². The van der Waals surface area contributed by atoms with Gasteiger partial charge in [0.2, 0.25) is 0 Å². The Bertz CT molecular complexity index is 1330. The molecule has 3 aliphatic rings. The number of ketones is 2. The van der Waals surface area contributed by atoms with Gasteiger partial charge in [-0.05, 0) is 41.2 Å². The number of hydrogen-bond acceptors (Lipinski definition) is 5. The molecule has 1 aliphatic heterocycles. The average molecular weight is 518 g/mol. The van der Waals surface area contributed by atoms with Crippen LogP contribution in [0.25, 0.3) is 0 Å². The smallest absolute Gasteiger partial charge is 0.262 e. The maximum atomic E-state index is 13.5. The van der Waals surface area contributed by atoms with E-state index in [1.54, 1.807) is 12.1 Å². The summed E-state index contributed by atoms with van der Waals surface area (Å²) in [6.45, 7) is 7.89. The number of para-hydroxylation sites is 1. The summed E-state index contributed by atoms with van der Waals surface area (Å²) in [5, 5.41) is 2.68. The summed E-state index contributed by atoms with van der Waals surface area (Å²) in [6.07, 6.45) is 1.91. The van der Waals surface area contributed by atoms with E-state index in [1.807, 2.05) is 39.8 Å². The van der Waals surface area contributed by atoms with Crippen LogP contribution in [0.15, 0.2) is 71.2 Å². The van der Waals surface area contributed by atoms with E-state index < -0.39 is 17.6 Å². The molecule has 0 spiro atoms. The van der Waals surface area contributed by atoms with Crippen LogP contribution in [-0.2, 0) is 19.1 Å². The predicted molar refractivity (Wildman–Crippen MR) is 141 cm³/mol. The Kier molecular flexibility index (Phi) is 6.49. The monoisotopic (exact) mass is 517 g/mol. The fourth-order valence-electron chi connectivity index (χ4n) is 5.71. The highest BCUT2D eigenvalue weighted by Crippen LogP contribution is 2.54. The summed E-state index contributed by atoms with van der Waals surface area (Å²) in [4.78, 5) is 39.7. The highest BCUT2D eigenvalue weighted by molar-refractivity contribution is 6.06. The van der Waals surface area contributed by atoms with E-state index in [-0.39, 0.29) is 29.0 Å². The van der Waals surface area contributed by atoms with Crippen molar-refractivity contribution in [2.45, 2.75) is 59.3 Å². The number of halogens is 1. The summed E-state index contributed by atoms with van der Waals surface area (Å²) in [5.41, 5.74) is 1.65. The van der Waals surface area contributed by atoms with Gasteiger partial charge >= 0.3 is 0 Å². The van der Waals surface area contributed by atoms with Crippen molar-refractivity contribution in [3.05, 3.63) is 82.6 Å². The number of carbonyl (C=O) groups is 3. The van der Waals surface area contributed by atoms with Crippen LogP contribution < -0.4 is 10.1 Å². The Morgan fingerprint density at radius 3 is 2.03 bits per heavy atom. The Morgan fingerprint density at radius 2 is 1.45 bits per heavy atom. The van der Waals surface area contributed by atoms with Crippen molar-refractivity contribution < 1.29 is 28.2 Å². The molecule has 0 aromatic heterocycles. The summed E-state index contributed by atoms with van der Waals surface area (Å²) >= 11 is 0. The van der Waals surface area contributed by atoms with Crippen molar-refractivity contribution in [3.63, 3.8) is 0 Å². The van der Waals surface area contributed by atoms with Gasteiger partial charge < -0.3 is 14.8 Å². The van der Waals surface area contributed by atoms with Crippen molar-refractivity contribution in [3.8, 4) is 5.75 Å². The van der Waals surface area contributed by atoms with Gasteiger partial charge in [-0.2, -0.15) is 0 Å². The first-order valence-electron chi connectivity index (χ1n) is 12.9. The van der Waals surface area contributed by atoms with E-state index in [0.29, 0.717) is 65.3 Å². The third kappa shape index (κ3) is 5.15. The zero-order valence-electron chi connectivity index (χ0n) is 22.2. The lowest BCUT2D eigenvalue weighted by molar-refractivity contribution is -0.121. The molecule has 1 amide bonds. The normalized spacial score (nSPS) is 20.4. The van der Waals surface area contributed by atoms with Crippen LogP contribution in [0.3, 0.4) is 0 Å². The maximum absolute atomic E-state index is 13.5. The van der Waals surface area contributed by atoms with Gasteiger partial charge in [-0.15, -0.1) is 0 Å². The van der Waals surface area contributed by atoms with Crippen molar-refractivity contribution >= 4 is 23.2 Å². The quantitative estimate of drug-likeness (QED) is 0.508. The van der Waals surface area contributed by atoms with Crippen molar-refractivity contribution in [2.75, 3.05) is 11.9 Å². The number of hydrogen-bond donors (Lipinski definition) is 1. The second-order valence-corrected chi connectivity index (χ2v) is 12.0. The van der Waals surface area contributed by atoms with Crippen LogP contribution in [0.1, 0.15) is 64.9 Å². The van der Waals surface area contributed by atoms with Crippen molar-refractivity contribution in [1.82, 2.24) is 0 Å². The summed E-state index contributed by atoms with van der Waals surface area (Å²) < 4.78 is 25.5. The number of ether oxygens (including phenoxy) is 2. The number of anilines is 1. The average Bonchev–Trinajstić information content (AvgIpc) is 2.81. The molecule has 0 saturated heterocycles. The van der Waals surface area contributed by atoms with E-state index in [2.05, 4.69) is 5.32 Å². The topological polar surface area (TPSA) is 81.7 Å². The number of benzene rings is 2. The molecule has 7 heteroatoms. The lowest BCUT2D eigenvalue weighted by Crippen LogP contribution is -2.37. The van der Waals surface area contributed by atoms with E-state index >= 15 is 0 Å². The molecule has 0 bridgehead atoms. The maximum Gasteiger partial charge on any atom is 0.262 e. The van der Waals surface area contributed by atoms with E-state index in [4.69, 9.17) is 9.47 Å². The Hall–Kier alpha value is -3.74. The molecule has 38 heavy (non-hydrogen) atoms. The molecule has 0 radical (unpaired) electrons. The first-order chi connectivity index (χ1) is 17.9. The lowest BCUT2D eigenvalue weighted by atomic mass is 9.65. The van der Waals surface area contributed by atoms with Crippen LogP contribution in [0, 0.1) is 16.6 Å². The number of nitrogens with one attached hydrogen (secondary N) is 1. The number of carbonyl (C=O) groups excluding carboxylic acids is 3. The van der Waals surface area contributed by atoms with Gasteiger partial charge in [-0.1, -0.05) is 45.9 Å². The van der Waals surface area contributed by atoms with Crippen LogP contribution in [-0.4, -0.2) is 24.1 Å². The van der Waals surface area contributed by atoms with E-state index in [0.717, 1.165) is 0 Å². The number of amides is 1. The molecule has 198 valence electrons. The molecule has 2 aliphatic carbocycles. The van der Waals surface area contributed by atoms with Gasteiger partial charge in [0.05, 0.1) is 5.92 Å². The zero-order valence-corrected chi connectivity index (χ0v) is 22.2. The van der Waals surface area contributed by atoms with Gasteiger partial charge in [0, 0.05) is 48.1 Å². The zero-order chi connectivity index (χ0) is 27.2. The van der Waals surface area contributed by atoms with Crippen LogP contribution >= 0.6 is 0 Å². The molecular weight excluding hydrogens is 485 g/mol. The standard InChI is InChI=1S/C31H32FNO5/c1-30(2)13-21(34)28-24(15-30)38-25-16-31(3,4)14-22(35)29(25)27(28)20-7-5-6-8-23(20)37-17-26(36)33-19-11-9-18(32)10-12-19/h5-12,27H,13-17H2,1-4H3,(H,33,36). The Labute approximate surface area is 221 Å². The number of allylic oxidation sites excluding steroid dienone is 4. The predicted octanol–water partition coefficient (Wildman–Crippen LogP) is 6.24. The number of rotatable bonds is 5. The molecule has 0 unspecified atom stereocenters. The molecule has 6 nitrogen and oxygen atoms in total. The summed E-state index contributed by atoms with van der Waals surface area (Å²) in [5.74, 6) is 0.190.